The largest absolute Gasteiger partial charge is 0.179 e. The first kappa shape index (κ1) is 14.0. The van der Waals surface area contributed by atoms with Crippen LogP contribution in [0.1, 0.15) is 7.43 Å². The molecule has 0 aromatic carbocycles. The molecular formula is C6H16S4. The van der Waals surface area contributed by atoms with Crippen molar-refractivity contribution in [2.24, 2.45) is 5.41 Å². The van der Waals surface area contributed by atoms with E-state index in [0.29, 0.717) is 0 Å². The molecule has 0 aliphatic rings. The molecule has 0 aromatic heterocycles. The summed E-state index contributed by atoms with van der Waals surface area (Å²) in [5.41, 5.74) is 0.123. The van der Waals surface area contributed by atoms with Crippen molar-refractivity contribution in [3.8, 4) is 0 Å². The van der Waals surface area contributed by atoms with E-state index in [2.05, 4.69) is 50.5 Å². The molecule has 0 radical (unpaired) electrons. The van der Waals surface area contributed by atoms with Crippen molar-refractivity contribution in [2.75, 3.05) is 23.0 Å². The number of thiol groups is 4. The van der Waals surface area contributed by atoms with Crippen molar-refractivity contribution in [1.82, 2.24) is 0 Å². The Morgan fingerprint density at radius 1 is 0.700 bits per heavy atom. The van der Waals surface area contributed by atoms with Gasteiger partial charge >= 0.3 is 0 Å². The van der Waals surface area contributed by atoms with Crippen LogP contribution in [0.3, 0.4) is 0 Å². The van der Waals surface area contributed by atoms with Crippen LogP contribution in [0.5, 0.6) is 0 Å². The molecule has 0 amide bonds. The Kier molecular flexibility index (Phi) is 9.87. The third-order valence-electron chi connectivity index (χ3n) is 1.34. The zero-order valence-corrected chi connectivity index (χ0v) is 8.69. The van der Waals surface area contributed by atoms with Gasteiger partial charge in [0.05, 0.1) is 0 Å². The van der Waals surface area contributed by atoms with Crippen molar-refractivity contribution in [2.45, 2.75) is 7.43 Å². The summed E-state index contributed by atoms with van der Waals surface area (Å²) in [6.45, 7) is 0. The van der Waals surface area contributed by atoms with Crippen LogP contribution in [0.2, 0.25) is 0 Å². The Balaban J connectivity index is 0. The number of hydrogen-bond donors (Lipinski definition) is 4. The molecule has 0 aliphatic heterocycles. The summed E-state index contributed by atoms with van der Waals surface area (Å²) in [6, 6.07) is 0. The van der Waals surface area contributed by atoms with Gasteiger partial charge in [-0.05, 0) is 23.0 Å². The van der Waals surface area contributed by atoms with Crippen LogP contribution >= 0.6 is 50.5 Å². The van der Waals surface area contributed by atoms with E-state index >= 15 is 0 Å². The summed E-state index contributed by atoms with van der Waals surface area (Å²) < 4.78 is 0. The summed E-state index contributed by atoms with van der Waals surface area (Å²) in [6.07, 6.45) is 0. The predicted octanol–water partition coefficient (Wildman–Crippen LogP) is 2.33. The maximum Gasteiger partial charge on any atom is 0.00550 e. The third-order valence-corrected chi connectivity index (χ3v) is 4.02. The summed E-state index contributed by atoms with van der Waals surface area (Å²) >= 11 is 16.8. The molecular weight excluding hydrogens is 200 g/mol. The van der Waals surface area contributed by atoms with E-state index in [1.54, 1.807) is 0 Å². The first-order chi connectivity index (χ1) is 4.24. The van der Waals surface area contributed by atoms with Gasteiger partial charge in [-0.2, -0.15) is 50.5 Å². The second kappa shape index (κ2) is 7.07. The van der Waals surface area contributed by atoms with Gasteiger partial charge in [0.1, 0.15) is 0 Å². The lowest BCUT2D eigenvalue weighted by atomic mass is 9.99. The fourth-order valence-electron chi connectivity index (χ4n) is 0.300. The minimum atomic E-state index is 0. The summed E-state index contributed by atoms with van der Waals surface area (Å²) in [5.74, 6) is 3.24. The van der Waals surface area contributed by atoms with E-state index in [0.717, 1.165) is 23.0 Å². The van der Waals surface area contributed by atoms with E-state index in [9.17, 15) is 0 Å². The quantitative estimate of drug-likeness (QED) is 0.510. The van der Waals surface area contributed by atoms with Crippen LogP contribution in [0.15, 0.2) is 0 Å². The topological polar surface area (TPSA) is 0 Å². The monoisotopic (exact) mass is 216 g/mol. The van der Waals surface area contributed by atoms with Gasteiger partial charge in [0.2, 0.25) is 0 Å². The van der Waals surface area contributed by atoms with E-state index in [-0.39, 0.29) is 12.8 Å². The van der Waals surface area contributed by atoms with Crippen LogP contribution < -0.4 is 0 Å². The molecule has 0 N–H and O–H groups in total. The highest BCUT2D eigenvalue weighted by atomic mass is 32.1. The number of hydrogen-bond acceptors (Lipinski definition) is 4. The average Bonchev–Trinajstić information content (AvgIpc) is 1.95. The molecule has 0 saturated carbocycles. The molecule has 0 heterocycles. The van der Waals surface area contributed by atoms with Crippen LogP contribution in [0.25, 0.3) is 0 Å². The Morgan fingerprint density at radius 3 is 0.900 bits per heavy atom. The van der Waals surface area contributed by atoms with E-state index < -0.39 is 0 Å². The van der Waals surface area contributed by atoms with Gasteiger partial charge in [-0.3, -0.25) is 0 Å². The molecule has 0 nitrogen and oxygen atoms in total. The smallest absolute Gasteiger partial charge is 0.00550 e. The molecule has 0 aliphatic carbocycles. The van der Waals surface area contributed by atoms with Crippen molar-refractivity contribution in [3.63, 3.8) is 0 Å². The molecule has 0 aromatic rings. The molecule has 10 heavy (non-hydrogen) atoms. The van der Waals surface area contributed by atoms with Crippen molar-refractivity contribution in [1.29, 1.82) is 0 Å². The zero-order valence-electron chi connectivity index (χ0n) is 5.12. The van der Waals surface area contributed by atoms with Gasteiger partial charge in [-0.25, -0.2) is 0 Å². The van der Waals surface area contributed by atoms with Gasteiger partial charge in [0.25, 0.3) is 0 Å². The lowest BCUT2D eigenvalue weighted by molar-refractivity contribution is 0.522. The van der Waals surface area contributed by atoms with Gasteiger partial charge in [-0.1, -0.05) is 7.43 Å². The van der Waals surface area contributed by atoms with E-state index in [1.807, 2.05) is 0 Å². The Bertz CT molecular complexity index is 52.6. The van der Waals surface area contributed by atoms with Crippen LogP contribution in [-0.4, -0.2) is 23.0 Å². The van der Waals surface area contributed by atoms with Gasteiger partial charge in [0, 0.05) is 5.41 Å². The van der Waals surface area contributed by atoms with E-state index in [1.165, 1.54) is 0 Å². The van der Waals surface area contributed by atoms with Crippen LogP contribution in [0.4, 0.5) is 0 Å². The predicted molar refractivity (Wildman–Crippen MR) is 64.6 cm³/mol. The first-order valence-electron chi connectivity index (χ1n) is 2.68. The summed E-state index contributed by atoms with van der Waals surface area (Å²) in [4.78, 5) is 0. The average molecular weight is 216 g/mol. The second-order valence-electron chi connectivity index (χ2n) is 2.13. The van der Waals surface area contributed by atoms with Crippen LogP contribution in [-0.2, 0) is 0 Å². The minimum Gasteiger partial charge on any atom is -0.179 e. The molecule has 0 atom stereocenters. The second-order valence-corrected chi connectivity index (χ2v) is 3.40. The van der Waals surface area contributed by atoms with Gasteiger partial charge in [-0.15, -0.1) is 0 Å². The Hall–Kier alpha value is 1.40. The molecule has 0 saturated heterocycles. The molecule has 64 valence electrons. The third kappa shape index (κ3) is 3.69. The molecule has 0 unspecified atom stereocenters. The zero-order chi connectivity index (χ0) is 7.33. The lowest BCUT2D eigenvalue weighted by Gasteiger charge is -2.25. The van der Waals surface area contributed by atoms with Gasteiger partial charge in [0.15, 0.2) is 0 Å². The molecule has 0 fully saturated rings. The summed E-state index contributed by atoms with van der Waals surface area (Å²) in [7, 11) is 0. The Labute approximate surface area is 86.2 Å². The Morgan fingerprint density at radius 2 is 0.900 bits per heavy atom. The van der Waals surface area contributed by atoms with Crippen molar-refractivity contribution < 1.29 is 0 Å². The van der Waals surface area contributed by atoms with Gasteiger partial charge < -0.3 is 0 Å². The highest BCUT2D eigenvalue weighted by Gasteiger charge is 2.22. The molecule has 0 spiro atoms. The number of rotatable bonds is 4. The van der Waals surface area contributed by atoms with Crippen molar-refractivity contribution in [3.05, 3.63) is 0 Å². The standard InChI is InChI=1S/C5H12S4.CH4/c6-1-5(2-7,3-8)4-9;/h6-9H,1-4H2;1H4. The molecule has 0 rings (SSSR count). The van der Waals surface area contributed by atoms with Crippen molar-refractivity contribution >= 4 is 50.5 Å². The maximum absolute atomic E-state index is 4.19. The molecule has 0 bridgehead atoms. The highest BCUT2D eigenvalue weighted by Crippen LogP contribution is 2.23. The first-order valence-corrected chi connectivity index (χ1v) is 5.21. The fraction of sp³-hybridized carbons (Fsp3) is 1.00. The van der Waals surface area contributed by atoms with E-state index in [4.69, 9.17) is 0 Å². The normalized spacial score (nSPS) is 10.8. The maximum atomic E-state index is 4.19. The lowest BCUT2D eigenvalue weighted by Crippen LogP contribution is -2.29. The minimum absolute atomic E-state index is 0. The molecule has 4 heteroatoms. The SMILES string of the molecule is C.SCC(CS)(CS)CS. The summed E-state index contributed by atoms with van der Waals surface area (Å²) in [5, 5.41) is 0. The van der Waals surface area contributed by atoms with Crippen LogP contribution in [0, 0.1) is 5.41 Å². The fourth-order valence-corrected chi connectivity index (χ4v) is 2.70. The highest BCUT2D eigenvalue weighted by molar-refractivity contribution is 7.83.